The summed E-state index contributed by atoms with van der Waals surface area (Å²) in [7, 11) is 2.64. The van der Waals surface area contributed by atoms with Crippen LogP contribution in [0, 0.1) is 75.1 Å². The maximum absolute atomic E-state index is 12.7. The van der Waals surface area contributed by atoms with Gasteiger partial charge in [-0.25, -0.2) is 16.4 Å². The molecule has 0 spiro atoms. The highest BCUT2D eigenvalue weighted by Gasteiger charge is 2.34. The Morgan fingerprint density at radius 1 is 0.478 bits per heavy atom. The molecule has 0 bridgehead atoms. The lowest BCUT2D eigenvalue weighted by Crippen LogP contribution is -2.54. The van der Waals surface area contributed by atoms with Gasteiger partial charge >= 0.3 is 0 Å². The van der Waals surface area contributed by atoms with Gasteiger partial charge in [0, 0.05) is 91.9 Å². The molecule has 8 N–H and O–H groups in total. The van der Waals surface area contributed by atoms with E-state index in [4.69, 9.17) is 40.2 Å². The fraction of sp³-hybridized carbons (Fsp3) is 0.364. The standard InChI is InChI=1S/C30H35N3O5.C27H28N2O5.C20H24N2O4.C7H5IO.C4H9NO/c1-22(38-30(2,3)4)27(29(35)32-36)31-28(34)26-15-13-24(14-16-26)8-6-5-7-23-9-11-25(12-10-23)21-33-17-19-37-20-18-33;1-19(34-27(2,3)4)24(26(32)29-33-5)28-25(31)23-16-14-21(15-17-23)9-7-6-8-20-10-12-22(18-30)13-11-20;1-7-8-9-15-10-12-16(13-11-15)18(23)21-17(19(24)22-25-6)14(2)26-20(3,4)5;8-7-3-1-6(5-9)2-4-7;1-3-6-4-2-5-1/h9-16,22,27,36H,17-21H2,1-4H3,(H,31,34)(H,32,35);10-19,24H,1-5H3,(H,28,31)(H,29,32);1,10-14,17H,2-6H3,(H,21,23)(H,22,24);1-5H;5H,1-4H2/t22-,27+;19-,24+;14-,17+;;/m111../s1. The Balaban J connectivity index is 0.000000329. The third kappa shape index (κ3) is 38.8. The second-order valence-corrected chi connectivity index (χ2v) is 29.2. The molecule has 6 aromatic rings. The zero-order valence-corrected chi connectivity index (χ0v) is 68.5. The summed E-state index contributed by atoms with van der Waals surface area (Å²) < 4.78 is 29.0. The number of hydrogen-bond donors (Lipinski definition) is 8. The van der Waals surface area contributed by atoms with Crippen molar-refractivity contribution in [1.29, 1.82) is 0 Å². The third-order valence-corrected chi connectivity index (χ3v) is 16.0. The Hall–Kier alpha value is -10.8. The van der Waals surface area contributed by atoms with Crippen LogP contribution in [0.15, 0.2) is 146 Å². The van der Waals surface area contributed by atoms with E-state index >= 15 is 0 Å². The number of terminal acetylenes is 1. The van der Waals surface area contributed by atoms with Gasteiger partial charge in [-0.3, -0.25) is 58.1 Å². The molecule has 113 heavy (non-hydrogen) atoms. The molecule has 596 valence electrons. The predicted octanol–water partition coefficient (Wildman–Crippen LogP) is 8.97. The van der Waals surface area contributed by atoms with Gasteiger partial charge in [-0.15, -0.1) is 6.42 Å². The lowest BCUT2D eigenvalue weighted by atomic mass is 10.1. The van der Waals surface area contributed by atoms with Gasteiger partial charge in [0.05, 0.1) is 75.8 Å². The van der Waals surface area contributed by atoms with Gasteiger partial charge in [0.1, 0.15) is 30.7 Å². The maximum Gasteiger partial charge on any atom is 0.268 e. The number of hydrogen-bond acceptors (Lipinski definition) is 18. The number of benzene rings is 6. The number of halogens is 1. The summed E-state index contributed by atoms with van der Waals surface area (Å²) >= 11 is 2.20. The van der Waals surface area contributed by atoms with Crippen LogP contribution in [0.1, 0.15) is 168 Å². The number of carbonyl (C=O) groups excluding carboxylic acids is 8. The van der Waals surface area contributed by atoms with E-state index in [1.54, 1.807) is 135 Å². The smallest absolute Gasteiger partial charge is 0.268 e. The minimum atomic E-state index is -1.07. The summed E-state index contributed by atoms with van der Waals surface area (Å²) in [4.78, 5) is 107. The van der Waals surface area contributed by atoms with E-state index in [2.05, 4.69) is 142 Å². The normalized spacial score (nSPS) is 13.7. The van der Waals surface area contributed by atoms with Crippen LogP contribution >= 0.6 is 22.6 Å². The summed E-state index contributed by atoms with van der Waals surface area (Å²) in [6, 6.07) is 39.3. The van der Waals surface area contributed by atoms with Crippen molar-refractivity contribution in [3.05, 3.63) is 210 Å². The molecule has 0 unspecified atom stereocenters. The summed E-state index contributed by atoms with van der Waals surface area (Å²) in [5.41, 5.74) is 11.9. The number of nitrogens with one attached hydrogen (secondary N) is 7. The zero-order valence-electron chi connectivity index (χ0n) is 66.3. The van der Waals surface area contributed by atoms with Gasteiger partial charge < -0.3 is 45.0 Å². The number of amides is 6. The van der Waals surface area contributed by atoms with Crippen molar-refractivity contribution in [2.24, 2.45) is 0 Å². The molecule has 2 heterocycles. The van der Waals surface area contributed by atoms with Crippen molar-refractivity contribution >= 4 is 70.6 Å². The Morgan fingerprint density at radius 3 is 1.06 bits per heavy atom. The number of morpholine rings is 2. The van der Waals surface area contributed by atoms with E-state index < -0.39 is 88.7 Å². The highest BCUT2D eigenvalue weighted by Crippen LogP contribution is 2.19. The van der Waals surface area contributed by atoms with Crippen LogP contribution in [0.4, 0.5) is 0 Å². The highest BCUT2D eigenvalue weighted by atomic mass is 127. The molecule has 6 aromatic carbocycles. The van der Waals surface area contributed by atoms with Gasteiger partial charge in [-0.1, -0.05) is 66.0 Å². The van der Waals surface area contributed by atoms with Crippen LogP contribution in [0.25, 0.3) is 0 Å². The predicted molar refractivity (Wildman–Crippen MR) is 440 cm³/mol. The fourth-order valence-electron chi connectivity index (χ4n) is 10.2. The Labute approximate surface area is 677 Å². The van der Waals surface area contributed by atoms with Gasteiger partial charge in [0.2, 0.25) is 0 Å². The molecule has 2 fully saturated rings. The zero-order chi connectivity index (χ0) is 83.4. The van der Waals surface area contributed by atoms with E-state index in [9.17, 15) is 38.4 Å². The number of aldehydes is 2. The molecule has 24 nitrogen and oxygen atoms in total. The van der Waals surface area contributed by atoms with Crippen LogP contribution in [-0.4, -0.2) is 178 Å². The molecular weight excluding hydrogens is 1550 g/mol. The first kappa shape index (κ1) is 94.5. The first-order chi connectivity index (χ1) is 53.8. The second kappa shape index (κ2) is 50.2. The molecule has 6 atom stereocenters. The van der Waals surface area contributed by atoms with E-state index in [-0.39, 0.29) is 0 Å². The average Bonchev–Trinajstić information content (AvgIpc) is 0.855. The number of ether oxygens (including phenoxy) is 5. The number of nitrogens with zero attached hydrogens (tertiary/aromatic N) is 1. The van der Waals surface area contributed by atoms with Crippen molar-refractivity contribution in [3.8, 4) is 71.5 Å². The quantitative estimate of drug-likeness (QED) is 0.0110. The number of rotatable bonds is 21. The van der Waals surface area contributed by atoms with Crippen molar-refractivity contribution in [2.75, 3.05) is 66.8 Å². The highest BCUT2D eigenvalue weighted by molar-refractivity contribution is 14.1. The van der Waals surface area contributed by atoms with Gasteiger partial charge in [-0.05, 0) is 256 Å². The van der Waals surface area contributed by atoms with Gasteiger partial charge in [0.15, 0.2) is 0 Å². The van der Waals surface area contributed by atoms with Crippen LogP contribution in [0.5, 0.6) is 0 Å². The first-order valence-electron chi connectivity index (χ1n) is 36.1. The lowest BCUT2D eigenvalue weighted by Gasteiger charge is -2.30. The molecule has 8 rings (SSSR count). The SMILES string of the molecule is C#CC#Cc1ccc(C(=O)N[C@H](C(=O)NOC)[C@@H](C)OC(C)(C)C)cc1.C1COCCN1.CONC(=O)[C@@H](NC(=O)c1ccc(C#CC#Cc2ccc(C=O)cc2)cc1)[C@@H](C)OC(C)(C)C.C[C@@H](OC(C)(C)C)[C@H](NC(=O)c1ccc(C#CC#Cc2ccc(CN3CCOCC3)cc2)cc1)C(=O)NO.O=Cc1ccc(I)cc1. The molecule has 0 radical (unpaired) electrons. The van der Waals surface area contributed by atoms with Crippen molar-refractivity contribution in [1.82, 2.24) is 42.6 Å². The van der Waals surface area contributed by atoms with Gasteiger partial charge in [-0.2, -0.15) is 0 Å². The minimum absolute atomic E-state index is 0.345. The Bertz CT molecular complexity index is 4410. The van der Waals surface area contributed by atoms with Gasteiger partial charge in [0.25, 0.3) is 35.4 Å². The molecule has 0 aliphatic carbocycles. The van der Waals surface area contributed by atoms with E-state index in [1.807, 2.05) is 86.6 Å². The van der Waals surface area contributed by atoms with E-state index in [0.29, 0.717) is 38.9 Å². The van der Waals surface area contributed by atoms with Crippen molar-refractivity contribution in [2.45, 2.75) is 143 Å². The number of hydroxylamine groups is 3. The van der Waals surface area contributed by atoms with Crippen LogP contribution in [-0.2, 0) is 54.3 Å². The first-order valence-corrected chi connectivity index (χ1v) is 37.2. The number of carbonyl (C=O) groups is 8. The van der Waals surface area contributed by atoms with Crippen LogP contribution < -0.4 is 37.7 Å². The molecule has 0 saturated carbocycles. The maximum atomic E-state index is 12.7. The molecule has 2 saturated heterocycles. The molecule has 25 heteroatoms. The molecule has 2 aliphatic heterocycles. The summed E-state index contributed by atoms with van der Waals surface area (Å²) in [5, 5.41) is 20.2. The topological polar surface area (TPSA) is 309 Å². The summed E-state index contributed by atoms with van der Waals surface area (Å²) in [6.07, 6.45) is 4.86. The Morgan fingerprint density at radius 2 is 0.779 bits per heavy atom. The molecule has 0 aromatic heterocycles. The molecule has 6 amide bonds. The summed E-state index contributed by atoms with van der Waals surface area (Å²) in [5.74, 6) is 27.4. The fourth-order valence-corrected chi connectivity index (χ4v) is 10.5. The minimum Gasteiger partial charge on any atom is -0.379 e. The second-order valence-electron chi connectivity index (χ2n) is 28.0. The Kier molecular flexibility index (Phi) is 42.0. The average molecular weight is 1650 g/mol. The molecule has 2 aliphatic rings. The summed E-state index contributed by atoms with van der Waals surface area (Å²) in [6.45, 7) is 30.0. The van der Waals surface area contributed by atoms with Crippen molar-refractivity contribution < 1.29 is 76.9 Å². The van der Waals surface area contributed by atoms with E-state index in [1.165, 1.54) is 19.8 Å². The van der Waals surface area contributed by atoms with Crippen LogP contribution in [0.2, 0.25) is 0 Å². The van der Waals surface area contributed by atoms with Crippen molar-refractivity contribution in [3.63, 3.8) is 0 Å². The molecular formula is C88H101IN8O16. The van der Waals surface area contributed by atoms with Crippen LogP contribution in [0.3, 0.4) is 0 Å². The third-order valence-electron chi connectivity index (χ3n) is 15.3. The monoisotopic (exact) mass is 1650 g/mol. The van der Waals surface area contributed by atoms with E-state index in [0.717, 1.165) is 92.0 Å². The largest absolute Gasteiger partial charge is 0.379 e. The lowest BCUT2D eigenvalue weighted by molar-refractivity contribution is -0.141.